The van der Waals surface area contributed by atoms with Crippen molar-refractivity contribution in [2.45, 2.75) is 25.7 Å². The first kappa shape index (κ1) is 16.9. The molecule has 1 rings (SSSR count). The lowest BCUT2D eigenvalue weighted by Crippen LogP contribution is -2.34. The lowest BCUT2D eigenvalue weighted by atomic mass is 10.3. The summed E-state index contributed by atoms with van der Waals surface area (Å²) in [6.07, 6.45) is 0. The minimum absolute atomic E-state index is 0.320. The molecule has 0 spiro atoms. The lowest BCUT2D eigenvalue weighted by Gasteiger charge is -2.22. The van der Waals surface area contributed by atoms with Gasteiger partial charge in [-0.1, -0.05) is 19.1 Å². The van der Waals surface area contributed by atoms with Crippen molar-refractivity contribution in [2.24, 2.45) is 0 Å². The zero-order chi connectivity index (χ0) is 15.0. The van der Waals surface area contributed by atoms with E-state index in [2.05, 4.69) is 5.32 Å². The molecule has 0 aliphatic heterocycles. The maximum absolute atomic E-state index is 12.7. The number of rotatable bonds is 9. The normalized spacial score (nSPS) is 11.8. The summed E-state index contributed by atoms with van der Waals surface area (Å²) in [5, 5.41) is 3.09. The molecule has 5 nitrogen and oxygen atoms in total. The van der Waals surface area contributed by atoms with Crippen molar-refractivity contribution in [1.29, 1.82) is 0 Å². The van der Waals surface area contributed by atoms with Gasteiger partial charge in [0.15, 0.2) is 0 Å². The topological polar surface area (TPSA) is 58.6 Å². The van der Waals surface area contributed by atoms with Crippen molar-refractivity contribution in [3.63, 3.8) is 0 Å². The number of para-hydroxylation sites is 1. The van der Waals surface area contributed by atoms with E-state index in [4.69, 9.17) is 4.74 Å². The number of hydrogen-bond donors (Lipinski definition) is 1. The number of nitrogens with zero attached hydrogens (tertiary/aromatic N) is 1. The van der Waals surface area contributed by atoms with Gasteiger partial charge in [-0.15, -0.1) is 0 Å². The predicted molar refractivity (Wildman–Crippen MR) is 81.5 cm³/mol. The van der Waals surface area contributed by atoms with Crippen LogP contribution in [0, 0.1) is 0 Å². The molecule has 6 heteroatoms. The molecule has 0 saturated carbocycles. The molecule has 0 aliphatic carbocycles. The number of sulfonamides is 1. The van der Waals surface area contributed by atoms with Crippen LogP contribution in [0.5, 0.6) is 0 Å². The Hall–Kier alpha value is -1.11. The quantitative estimate of drug-likeness (QED) is 0.710. The smallest absolute Gasteiger partial charge is 0.245 e. The van der Waals surface area contributed by atoms with Crippen LogP contribution in [0.25, 0.3) is 0 Å². The molecule has 0 bridgehead atoms. The monoisotopic (exact) mass is 300 g/mol. The van der Waals surface area contributed by atoms with Crippen LogP contribution in [0.3, 0.4) is 0 Å². The van der Waals surface area contributed by atoms with E-state index in [1.807, 2.05) is 26.8 Å². The van der Waals surface area contributed by atoms with Gasteiger partial charge in [-0.3, -0.25) is 0 Å². The molecule has 114 valence electrons. The van der Waals surface area contributed by atoms with Gasteiger partial charge in [0, 0.05) is 26.2 Å². The molecule has 0 aliphatic rings. The summed E-state index contributed by atoms with van der Waals surface area (Å²) in [5.74, 6) is 0. The maximum atomic E-state index is 12.7. The number of anilines is 1. The van der Waals surface area contributed by atoms with Crippen LogP contribution in [-0.2, 0) is 14.8 Å². The zero-order valence-electron chi connectivity index (χ0n) is 12.4. The highest BCUT2D eigenvalue weighted by Crippen LogP contribution is 2.24. The molecule has 1 N–H and O–H groups in total. The number of ether oxygens (including phenoxy) is 1. The summed E-state index contributed by atoms with van der Waals surface area (Å²) in [5.41, 5.74) is 0.643. The van der Waals surface area contributed by atoms with E-state index in [0.717, 1.165) is 0 Å². The second-order valence-corrected chi connectivity index (χ2v) is 6.13. The van der Waals surface area contributed by atoms with E-state index in [-0.39, 0.29) is 0 Å². The van der Waals surface area contributed by atoms with E-state index in [9.17, 15) is 8.42 Å². The number of benzene rings is 1. The van der Waals surface area contributed by atoms with Gasteiger partial charge in [0.2, 0.25) is 10.0 Å². The number of nitrogens with one attached hydrogen (secondary N) is 1. The molecule has 0 radical (unpaired) electrons. The largest absolute Gasteiger partial charge is 0.384 e. The summed E-state index contributed by atoms with van der Waals surface area (Å²) in [6.45, 7) is 8.14. The first-order valence-electron chi connectivity index (χ1n) is 6.98. The predicted octanol–water partition coefficient (Wildman–Crippen LogP) is 2.17. The first-order valence-corrected chi connectivity index (χ1v) is 8.42. The second-order valence-electron chi connectivity index (χ2n) is 4.22. The van der Waals surface area contributed by atoms with Gasteiger partial charge < -0.3 is 10.1 Å². The molecule has 0 unspecified atom stereocenters. The van der Waals surface area contributed by atoms with Crippen LogP contribution in [0.15, 0.2) is 29.2 Å². The molecule has 0 aromatic heterocycles. The molecular weight excluding hydrogens is 276 g/mol. The van der Waals surface area contributed by atoms with Gasteiger partial charge in [-0.05, 0) is 26.0 Å². The fourth-order valence-electron chi connectivity index (χ4n) is 1.93. The summed E-state index contributed by atoms with van der Waals surface area (Å²) in [6, 6.07) is 6.99. The Morgan fingerprint density at radius 3 is 2.50 bits per heavy atom. The molecular formula is C14H24N2O3S. The maximum Gasteiger partial charge on any atom is 0.245 e. The SMILES string of the molecule is CCNc1ccccc1S(=O)(=O)N(CC)CCOCC. The summed E-state index contributed by atoms with van der Waals surface area (Å²) < 4.78 is 32.1. The van der Waals surface area contributed by atoms with Gasteiger partial charge in [0.05, 0.1) is 12.3 Å². The highest BCUT2D eigenvalue weighted by molar-refractivity contribution is 7.89. The molecule has 1 aromatic rings. The third kappa shape index (κ3) is 4.19. The Balaban J connectivity index is 3.01. The molecule has 0 heterocycles. The molecule has 20 heavy (non-hydrogen) atoms. The van der Waals surface area contributed by atoms with Crippen molar-refractivity contribution in [3.05, 3.63) is 24.3 Å². The van der Waals surface area contributed by atoms with Crippen molar-refractivity contribution in [1.82, 2.24) is 4.31 Å². The van der Waals surface area contributed by atoms with Gasteiger partial charge in [-0.25, -0.2) is 8.42 Å². The Kier molecular flexibility index (Phi) is 6.98. The van der Waals surface area contributed by atoms with E-state index >= 15 is 0 Å². The third-order valence-electron chi connectivity index (χ3n) is 2.91. The van der Waals surface area contributed by atoms with Crippen LogP contribution in [0.2, 0.25) is 0 Å². The van der Waals surface area contributed by atoms with Crippen molar-refractivity contribution in [2.75, 3.05) is 38.2 Å². The summed E-state index contributed by atoms with van der Waals surface area (Å²) in [4.78, 5) is 0.320. The Labute approximate surface area is 122 Å². The van der Waals surface area contributed by atoms with Gasteiger partial charge >= 0.3 is 0 Å². The van der Waals surface area contributed by atoms with Crippen molar-refractivity contribution in [3.8, 4) is 0 Å². The Bertz CT molecular complexity index is 503. The summed E-state index contributed by atoms with van der Waals surface area (Å²) in [7, 11) is -3.49. The highest BCUT2D eigenvalue weighted by Gasteiger charge is 2.25. The Morgan fingerprint density at radius 2 is 1.90 bits per heavy atom. The van der Waals surface area contributed by atoms with Gasteiger partial charge in [0.25, 0.3) is 0 Å². The number of likely N-dealkylation sites (N-methyl/N-ethyl adjacent to an activating group) is 1. The fraction of sp³-hybridized carbons (Fsp3) is 0.571. The minimum atomic E-state index is -3.49. The zero-order valence-corrected chi connectivity index (χ0v) is 13.2. The van der Waals surface area contributed by atoms with Crippen LogP contribution < -0.4 is 5.32 Å². The molecule has 1 aromatic carbocycles. The van der Waals surface area contributed by atoms with E-state index in [1.54, 1.807) is 18.2 Å². The average Bonchev–Trinajstić information content (AvgIpc) is 2.44. The van der Waals surface area contributed by atoms with Gasteiger partial charge in [-0.2, -0.15) is 4.31 Å². The van der Waals surface area contributed by atoms with E-state index in [0.29, 0.717) is 43.4 Å². The highest BCUT2D eigenvalue weighted by atomic mass is 32.2. The molecule has 0 atom stereocenters. The minimum Gasteiger partial charge on any atom is -0.384 e. The number of hydrogen-bond acceptors (Lipinski definition) is 4. The first-order chi connectivity index (χ1) is 9.57. The van der Waals surface area contributed by atoms with E-state index in [1.165, 1.54) is 4.31 Å². The van der Waals surface area contributed by atoms with Crippen LogP contribution in [0.4, 0.5) is 5.69 Å². The Morgan fingerprint density at radius 1 is 1.20 bits per heavy atom. The van der Waals surface area contributed by atoms with Crippen LogP contribution in [-0.4, -0.2) is 45.6 Å². The lowest BCUT2D eigenvalue weighted by molar-refractivity contribution is 0.135. The standard InChI is InChI=1S/C14H24N2O3S/c1-4-15-13-9-7-8-10-14(13)20(17,18)16(5-2)11-12-19-6-3/h7-10,15H,4-6,11-12H2,1-3H3. The molecule has 0 fully saturated rings. The van der Waals surface area contributed by atoms with Gasteiger partial charge in [0.1, 0.15) is 4.90 Å². The van der Waals surface area contributed by atoms with Crippen molar-refractivity contribution >= 4 is 15.7 Å². The fourth-order valence-corrected chi connectivity index (χ4v) is 3.53. The second kappa shape index (κ2) is 8.24. The van der Waals surface area contributed by atoms with E-state index < -0.39 is 10.0 Å². The summed E-state index contributed by atoms with van der Waals surface area (Å²) >= 11 is 0. The van der Waals surface area contributed by atoms with Crippen LogP contribution >= 0.6 is 0 Å². The van der Waals surface area contributed by atoms with Crippen LogP contribution in [0.1, 0.15) is 20.8 Å². The van der Waals surface area contributed by atoms with Crippen molar-refractivity contribution < 1.29 is 13.2 Å². The molecule has 0 saturated heterocycles. The molecule has 0 amide bonds. The average molecular weight is 300 g/mol. The third-order valence-corrected chi connectivity index (χ3v) is 4.95.